The van der Waals surface area contributed by atoms with Crippen LogP contribution in [-0.2, 0) is 5.54 Å². The van der Waals surface area contributed by atoms with Crippen LogP contribution in [0.3, 0.4) is 0 Å². The summed E-state index contributed by atoms with van der Waals surface area (Å²) in [6.45, 7) is 0. The SMILES string of the molecule is O=C(NC1CC2(C1)c1ccccc1-c1cncn12)c1cccc(Br)c1. The molecule has 1 amide bonds. The molecule has 3 aromatic rings. The number of benzene rings is 2. The van der Waals surface area contributed by atoms with Gasteiger partial charge < -0.3 is 9.88 Å². The van der Waals surface area contributed by atoms with Crippen LogP contribution in [0.5, 0.6) is 0 Å². The minimum Gasteiger partial charge on any atom is -0.349 e. The minimum absolute atomic E-state index is 0.0155. The highest BCUT2D eigenvalue weighted by Crippen LogP contribution is 2.54. The lowest BCUT2D eigenvalue weighted by molar-refractivity contribution is 0.0835. The quantitative estimate of drug-likeness (QED) is 0.715. The number of hydrogen-bond donors (Lipinski definition) is 1. The number of fused-ring (bicyclic) bond motifs is 5. The molecule has 124 valence electrons. The number of aromatic nitrogens is 2. The average Bonchev–Trinajstić information content (AvgIpc) is 3.16. The van der Waals surface area contributed by atoms with Gasteiger partial charge in [0, 0.05) is 21.6 Å². The number of carbonyl (C=O) groups excluding carboxylic acids is 1. The van der Waals surface area contributed by atoms with Gasteiger partial charge in [0.15, 0.2) is 0 Å². The molecule has 0 radical (unpaired) electrons. The molecule has 0 atom stereocenters. The van der Waals surface area contributed by atoms with E-state index in [0.717, 1.165) is 17.3 Å². The molecule has 1 saturated carbocycles. The van der Waals surface area contributed by atoms with E-state index >= 15 is 0 Å². The van der Waals surface area contributed by atoms with Gasteiger partial charge in [0.05, 0.1) is 23.8 Å². The second kappa shape index (κ2) is 5.30. The van der Waals surface area contributed by atoms with Gasteiger partial charge in [-0.3, -0.25) is 4.79 Å². The highest BCUT2D eigenvalue weighted by Gasteiger charge is 2.52. The van der Waals surface area contributed by atoms with Crippen LogP contribution in [0.15, 0.2) is 65.5 Å². The van der Waals surface area contributed by atoms with Crippen LogP contribution in [0.2, 0.25) is 0 Å². The lowest BCUT2D eigenvalue weighted by atomic mass is 9.68. The number of hydrogen-bond acceptors (Lipinski definition) is 2. The number of rotatable bonds is 2. The van der Waals surface area contributed by atoms with Gasteiger partial charge >= 0.3 is 0 Å². The van der Waals surface area contributed by atoms with Crippen LogP contribution < -0.4 is 5.32 Å². The molecule has 1 aromatic heterocycles. The van der Waals surface area contributed by atoms with Crippen molar-refractivity contribution in [3.8, 4) is 11.3 Å². The van der Waals surface area contributed by atoms with Gasteiger partial charge in [0.2, 0.25) is 0 Å². The van der Waals surface area contributed by atoms with Crippen molar-refractivity contribution in [3.63, 3.8) is 0 Å². The predicted molar refractivity (Wildman–Crippen MR) is 99.4 cm³/mol. The molecule has 1 fully saturated rings. The van der Waals surface area contributed by atoms with Gasteiger partial charge in [0.25, 0.3) is 5.91 Å². The molecule has 5 heteroatoms. The van der Waals surface area contributed by atoms with E-state index in [2.05, 4.69) is 55.1 Å². The van der Waals surface area contributed by atoms with E-state index in [9.17, 15) is 4.79 Å². The lowest BCUT2D eigenvalue weighted by Gasteiger charge is -2.47. The number of imidazole rings is 1. The first kappa shape index (κ1) is 14.9. The third kappa shape index (κ3) is 2.12. The highest BCUT2D eigenvalue weighted by molar-refractivity contribution is 9.10. The van der Waals surface area contributed by atoms with Crippen molar-refractivity contribution >= 4 is 21.8 Å². The fourth-order valence-electron chi connectivity index (χ4n) is 4.25. The summed E-state index contributed by atoms with van der Waals surface area (Å²) in [5.74, 6) is -0.0155. The summed E-state index contributed by atoms with van der Waals surface area (Å²) < 4.78 is 3.19. The van der Waals surface area contributed by atoms with Crippen molar-refractivity contribution in [1.29, 1.82) is 0 Å². The number of halogens is 1. The molecule has 2 heterocycles. The Morgan fingerprint density at radius 2 is 2.04 bits per heavy atom. The summed E-state index contributed by atoms with van der Waals surface area (Å²) in [6.07, 6.45) is 5.64. The molecule has 1 aliphatic carbocycles. The normalized spacial score (nSPS) is 23.0. The number of amides is 1. The van der Waals surface area contributed by atoms with E-state index in [1.54, 1.807) is 0 Å². The fourth-order valence-corrected chi connectivity index (χ4v) is 4.65. The third-order valence-electron chi connectivity index (χ3n) is 5.39. The fraction of sp³-hybridized carbons (Fsp3) is 0.200. The Kier molecular flexibility index (Phi) is 3.16. The Morgan fingerprint density at radius 3 is 2.88 bits per heavy atom. The molecule has 1 spiro atoms. The minimum atomic E-state index is -0.0579. The molecule has 1 N–H and O–H groups in total. The topological polar surface area (TPSA) is 46.9 Å². The highest BCUT2D eigenvalue weighted by atomic mass is 79.9. The van der Waals surface area contributed by atoms with E-state index in [1.165, 1.54) is 16.8 Å². The van der Waals surface area contributed by atoms with Gasteiger partial charge in [-0.15, -0.1) is 0 Å². The van der Waals surface area contributed by atoms with Gasteiger partial charge in [-0.1, -0.05) is 46.3 Å². The van der Waals surface area contributed by atoms with Crippen molar-refractivity contribution < 1.29 is 4.79 Å². The number of carbonyl (C=O) groups is 1. The number of nitrogens with zero attached hydrogens (tertiary/aromatic N) is 2. The zero-order valence-corrected chi connectivity index (χ0v) is 15.0. The zero-order valence-electron chi connectivity index (χ0n) is 13.4. The van der Waals surface area contributed by atoms with Gasteiger partial charge in [-0.25, -0.2) is 4.98 Å². The third-order valence-corrected chi connectivity index (χ3v) is 5.89. The monoisotopic (exact) mass is 393 g/mol. The summed E-state index contributed by atoms with van der Waals surface area (Å²) >= 11 is 3.42. The van der Waals surface area contributed by atoms with Crippen LogP contribution in [0, 0.1) is 0 Å². The largest absolute Gasteiger partial charge is 0.349 e. The first-order valence-electron chi connectivity index (χ1n) is 8.36. The van der Waals surface area contributed by atoms with Crippen LogP contribution in [0.1, 0.15) is 28.8 Å². The summed E-state index contributed by atoms with van der Waals surface area (Å²) in [4.78, 5) is 16.8. The van der Waals surface area contributed by atoms with Crippen LogP contribution >= 0.6 is 15.9 Å². The molecule has 0 unspecified atom stereocenters. The van der Waals surface area contributed by atoms with Crippen LogP contribution in [-0.4, -0.2) is 21.5 Å². The van der Waals surface area contributed by atoms with E-state index in [0.29, 0.717) is 5.56 Å². The lowest BCUT2D eigenvalue weighted by Crippen LogP contribution is -2.55. The summed E-state index contributed by atoms with van der Waals surface area (Å²) in [7, 11) is 0. The van der Waals surface area contributed by atoms with Crippen LogP contribution in [0.4, 0.5) is 0 Å². The summed E-state index contributed by atoms with van der Waals surface area (Å²) in [5.41, 5.74) is 4.41. The molecular formula is C20H16BrN3O. The maximum absolute atomic E-state index is 12.5. The summed E-state index contributed by atoms with van der Waals surface area (Å²) in [5, 5.41) is 3.17. The maximum atomic E-state index is 12.5. The second-order valence-corrected chi connectivity index (χ2v) is 7.73. The molecule has 0 bridgehead atoms. The second-order valence-electron chi connectivity index (χ2n) is 6.82. The van der Waals surface area contributed by atoms with Gasteiger partial charge in [-0.2, -0.15) is 0 Å². The van der Waals surface area contributed by atoms with Crippen molar-refractivity contribution in [2.45, 2.75) is 24.4 Å². The Balaban J connectivity index is 1.39. The molecule has 2 aliphatic rings. The Hall–Kier alpha value is -2.40. The smallest absolute Gasteiger partial charge is 0.251 e. The van der Waals surface area contributed by atoms with Crippen molar-refractivity contribution in [3.05, 3.63) is 76.7 Å². The molecule has 4 nitrogen and oxygen atoms in total. The summed E-state index contributed by atoms with van der Waals surface area (Å²) in [6, 6.07) is 16.2. The standard InChI is InChI=1S/C20H16BrN3O/c21-14-5-3-4-13(8-14)19(25)23-15-9-20(10-15)17-7-2-1-6-16(17)18-11-22-12-24(18)20/h1-8,11-12,15H,9-10H2,(H,23,25). The first-order valence-corrected chi connectivity index (χ1v) is 9.16. The number of nitrogens with one attached hydrogen (secondary N) is 1. The van der Waals surface area contributed by atoms with Gasteiger partial charge in [-0.05, 0) is 36.6 Å². The molecule has 1 aliphatic heterocycles. The van der Waals surface area contributed by atoms with E-state index in [-0.39, 0.29) is 17.5 Å². The van der Waals surface area contributed by atoms with E-state index in [1.807, 2.05) is 36.8 Å². The molecule has 0 saturated heterocycles. The average molecular weight is 394 g/mol. The molecular weight excluding hydrogens is 378 g/mol. The maximum Gasteiger partial charge on any atom is 0.251 e. The predicted octanol–water partition coefficient (Wildman–Crippen LogP) is 3.96. The van der Waals surface area contributed by atoms with E-state index < -0.39 is 0 Å². The van der Waals surface area contributed by atoms with Gasteiger partial charge in [0.1, 0.15) is 0 Å². The molecule has 5 rings (SSSR count). The van der Waals surface area contributed by atoms with Crippen molar-refractivity contribution in [1.82, 2.24) is 14.9 Å². The molecule has 25 heavy (non-hydrogen) atoms. The first-order chi connectivity index (χ1) is 12.2. The Bertz CT molecular complexity index is 988. The zero-order chi connectivity index (χ0) is 17.0. The van der Waals surface area contributed by atoms with Crippen molar-refractivity contribution in [2.24, 2.45) is 0 Å². The van der Waals surface area contributed by atoms with Crippen molar-refractivity contribution in [2.75, 3.05) is 0 Å². The molecule has 2 aromatic carbocycles. The Morgan fingerprint density at radius 1 is 1.20 bits per heavy atom. The van der Waals surface area contributed by atoms with Crippen LogP contribution in [0.25, 0.3) is 11.3 Å². The Labute approximate surface area is 154 Å². The van der Waals surface area contributed by atoms with E-state index in [4.69, 9.17) is 0 Å².